The van der Waals surface area contributed by atoms with E-state index in [1.165, 1.54) is 13.8 Å². The van der Waals surface area contributed by atoms with E-state index in [1.807, 2.05) is 6.92 Å². The molecule has 0 bridgehead atoms. The SMILES string of the molecule is CCN(CC(=O)O)C1CC(NC(=O)[C@@H](NC(=O)C(F)(F)F)C(C)C)C1. The van der Waals surface area contributed by atoms with Crippen molar-refractivity contribution in [3.05, 3.63) is 0 Å². The van der Waals surface area contributed by atoms with Crippen molar-refractivity contribution in [3.63, 3.8) is 0 Å². The Labute approximate surface area is 143 Å². The molecule has 0 saturated heterocycles. The Morgan fingerprint density at radius 1 is 1.24 bits per heavy atom. The highest BCUT2D eigenvalue weighted by molar-refractivity contribution is 5.90. The van der Waals surface area contributed by atoms with Gasteiger partial charge in [-0.25, -0.2) is 0 Å². The van der Waals surface area contributed by atoms with Gasteiger partial charge in [0.15, 0.2) is 0 Å². The second-order valence-corrected chi connectivity index (χ2v) is 6.48. The molecule has 1 aliphatic carbocycles. The van der Waals surface area contributed by atoms with Crippen molar-refractivity contribution < 1.29 is 32.7 Å². The molecule has 7 nitrogen and oxygen atoms in total. The molecule has 2 amide bonds. The number of aliphatic carboxylic acids is 1. The number of carboxylic acid groups (broad SMARTS) is 1. The van der Waals surface area contributed by atoms with Crippen LogP contribution in [-0.4, -0.2) is 65.2 Å². The van der Waals surface area contributed by atoms with Gasteiger partial charge in [-0.15, -0.1) is 0 Å². The van der Waals surface area contributed by atoms with Gasteiger partial charge < -0.3 is 15.7 Å². The monoisotopic (exact) mass is 367 g/mol. The van der Waals surface area contributed by atoms with Crippen LogP contribution in [0, 0.1) is 5.92 Å². The van der Waals surface area contributed by atoms with Gasteiger partial charge in [0, 0.05) is 12.1 Å². The minimum atomic E-state index is -5.05. The van der Waals surface area contributed by atoms with Crippen molar-refractivity contribution in [2.45, 2.75) is 57.9 Å². The zero-order chi connectivity index (χ0) is 19.4. The standard InChI is InChI=1S/C15H24F3N3O4/c1-4-21(7-11(22)23)10-5-9(6-10)19-13(24)12(8(2)3)20-14(25)15(16,17)18/h8-10,12H,4-7H2,1-3H3,(H,19,24)(H,20,25)(H,22,23)/t9?,10?,12-/m0/s1. The van der Waals surface area contributed by atoms with Gasteiger partial charge in [0.1, 0.15) is 6.04 Å². The van der Waals surface area contributed by atoms with E-state index in [9.17, 15) is 27.6 Å². The third-order valence-corrected chi connectivity index (χ3v) is 4.21. The van der Waals surface area contributed by atoms with Gasteiger partial charge in [-0.05, 0) is 25.3 Å². The summed E-state index contributed by atoms with van der Waals surface area (Å²) in [4.78, 5) is 35.8. The molecule has 0 heterocycles. The molecule has 144 valence electrons. The molecule has 3 N–H and O–H groups in total. The van der Waals surface area contributed by atoms with Gasteiger partial charge in [-0.1, -0.05) is 20.8 Å². The van der Waals surface area contributed by atoms with Crippen LogP contribution in [0.4, 0.5) is 13.2 Å². The second-order valence-electron chi connectivity index (χ2n) is 6.48. The maximum atomic E-state index is 12.4. The lowest BCUT2D eigenvalue weighted by Gasteiger charge is -2.42. The van der Waals surface area contributed by atoms with Gasteiger partial charge in [-0.2, -0.15) is 13.2 Å². The van der Waals surface area contributed by atoms with E-state index in [0.29, 0.717) is 19.4 Å². The molecule has 1 atom stereocenters. The van der Waals surface area contributed by atoms with Crippen LogP contribution in [0.15, 0.2) is 0 Å². The molecule has 0 unspecified atom stereocenters. The first kappa shape index (κ1) is 21.2. The summed E-state index contributed by atoms with van der Waals surface area (Å²) in [6, 6.07) is -1.52. The van der Waals surface area contributed by atoms with E-state index in [-0.39, 0.29) is 18.6 Å². The van der Waals surface area contributed by atoms with E-state index in [4.69, 9.17) is 5.11 Å². The highest BCUT2D eigenvalue weighted by Gasteiger charge is 2.42. The van der Waals surface area contributed by atoms with Crippen molar-refractivity contribution >= 4 is 17.8 Å². The topological polar surface area (TPSA) is 98.7 Å². The summed E-state index contributed by atoms with van der Waals surface area (Å²) in [6.07, 6.45) is -4.01. The first-order valence-corrected chi connectivity index (χ1v) is 8.09. The van der Waals surface area contributed by atoms with Crippen molar-refractivity contribution in [1.82, 2.24) is 15.5 Å². The number of hydrogen-bond acceptors (Lipinski definition) is 4. The molecule has 0 aromatic rings. The lowest BCUT2D eigenvalue weighted by molar-refractivity contribution is -0.175. The first-order valence-electron chi connectivity index (χ1n) is 8.09. The largest absolute Gasteiger partial charge is 0.480 e. The summed E-state index contributed by atoms with van der Waals surface area (Å²) in [5.41, 5.74) is 0. The number of amides is 2. The molecule has 0 spiro atoms. The lowest BCUT2D eigenvalue weighted by Crippen LogP contribution is -2.59. The highest BCUT2D eigenvalue weighted by atomic mass is 19.4. The fourth-order valence-electron chi connectivity index (χ4n) is 2.73. The van der Waals surface area contributed by atoms with Crippen LogP contribution in [0.25, 0.3) is 0 Å². The summed E-state index contributed by atoms with van der Waals surface area (Å²) < 4.78 is 37.1. The number of likely N-dealkylation sites (N-methyl/N-ethyl adjacent to an activating group) is 1. The van der Waals surface area contributed by atoms with Crippen molar-refractivity contribution in [3.8, 4) is 0 Å². The number of alkyl halides is 3. The van der Waals surface area contributed by atoms with Crippen LogP contribution < -0.4 is 10.6 Å². The van der Waals surface area contributed by atoms with E-state index in [0.717, 1.165) is 0 Å². The normalized spacial score (nSPS) is 21.6. The predicted molar refractivity (Wildman–Crippen MR) is 82.7 cm³/mol. The minimum Gasteiger partial charge on any atom is -0.480 e. The Bertz CT molecular complexity index is 505. The maximum absolute atomic E-state index is 12.4. The molecule has 1 aliphatic rings. The first-order chi connectivity index (χ1) is 11.5. The Balaban J connectivity index is 2.54. The number of rotatable bonds is 8. The van der Waals surface area contributed by atoms with E-state index >= 15 is 0 Å². The third kappa shape index (κ3) is 6.18. The third-order valence-electron chi connectivity index (χ3n) is 4.21. The molecular weight excluding hydrogens is 343 g/mol. The number of carboxylic acids is 1. The van der Waals surface area contributed by atoms with E-state index < -0.39 is 35.9 Å². The summed E-state index contributed by atoms with van der Waals surface area (Å²) in [6.45, 7) is 5.36. The smallest absolute Gasteiger partial charge is 0.471 e. The average Bonchev–Trinajstić information content (AvgIpc) is 2.43. The number of nitrogens with zero attached hydrogens (tertiary/aromatic N) is 1. The number of halogens is 3. The number of carbonyl (C=O) groups is 3. The van der Waals surface area contributed by atoms with Crippen molar-refractivity contribution in [1.29, 1.82) is 0 Å². The molecule has 0 aliphatic heterocycles. The zero-order valence-electron chi connectivity index (χ0n) is 14.4. The van der Waals surface area contributed by atoms with Gasteiger partial charge in [-0.3, -0.25) is 19.3 Å². The van der Waals surface area contributed by atoms with Crippen LogP contribution in [0.1, 0.15) is 33.6 Å². The lowest BCUT2D eigenvalue weighted by atomic mass is 9.85. The average molecular weight is 367 g/mol. The van der Waals surface area contributed by atoms with Gasteiger partial charge in [0.05, 0.1) is 6.54 Å². The molecule has 0 aromatic heterocycles. The Morgan fingerprint density at radius 3 is 2.20 bits per heavy atom. The van der Waals surface area contributed by atoms with Crippen LogP contribution >= 0.6 is 0 Å². The van der Waals surface area contributed by atoms with Crippen molar-refractivity contribution in [2.75, 3.05) is 13.1 Å². The Kier molecular flexibility index (Phi) is 7.21. The molecule has 0 aromatic carbocycles. The van der Waals surface area contributed by atoms with E-state index in [1.54, 1.807) is 10.2 Å². The Hall–Kier alpha value is -1.84. The number of hydrogen-bond donors (Lipinski definition) is 3. The quantitative estimate of drug-likeness (QED) is 0.588. The van der Waals surface area contributed by atoms with Gasteiger partial charge >= 0.3 is 18.1 Å². The van der Waals surface area contributed by atoms with Gasteiger partial charge in [0.2, 0.25) is 5.91 Å². The summed E-state index contributed by atoms with van der Waals surface area (Å²) in [5.74, 6) is -4.27. The molecule has 10 heteroatoms. The van der Waals surface area contributed by atoms with Crippen LogP contribution in [0.3, 0.4) is 0 Å². The zero-order valence-corrected chi connectivity index (χ0v) is 14.4. The molecule has 1 saturated carbocycles. The van der Waals surface area contributed by atoms with Crippen LogP contribution in [-0.2, 0) is 14.4 Å². The molecular formula is C15H24F3N3O4. The molecule has 1 rings (SSSR count). The predicted octanol–water partition coefficient (Wildman–Crippen LogP) is 0.743. The van der Waals surface area contributed by atoms with E-state index in [2.05, 4.69) is 5.32 Å². The summed E-state index contributed by atoms with van der Waals surface area (Å²) >= 11 is 0. The fourth-order valence-corrected chi connectivity index (χ4v) is 2.73. The van der Waals surface area contributed by atoms with Gasteiger partial charge in [0.25, 0.3) is 0 Å². The number of nitrogens with one attached hydrogen (secondary N) is 2. The van der Waals surface area contributed by atoms with Crippen LogP contribution in [0.2, 0.25) is 0 Å². The molecule has 25 heavy (non-hydrogen) atoms. The molecule has 1 fully saturated rings. The van der Waals surface area contributed by atoms with Crippen LogP contribution in [0.5, 0.6) is 0 Å². The second kappa shape index (κ2) is 8.50. The number of carbonyl (C=O) groups excluding carboxylic acids is 2. The summed E-state index contributed by atoms with van der Waals surface area (Å²) in [7, 11) is 0. The maximum Gasteiger partial charge on any atom is 0.471 e. The fraction of sp³-hybridized carbons (Fsp3) is 0.800. The molecule has 0 radical (unpaired) electrons. The Morgan fingerprint density at radius 2 is 1.80 bits per heavy atom. The minimum absolute atomic E-state index is 0.00802. The van der Waals surface area contributed by atoms with Crippen molar-refractivity contribution in [2.24, 2.45) is 5.92 Å². The highest BCUT2D eigenvalue weighted by Crippen LogP contribution is 2.26. The summed E-state index contributed by atoms with van der Waals surface area (Å²) in [5, 5.41) is 13.2.